The average Bonchev–Trinajstić information content (AvgIpc) is 2.49. The number of nitrogens with one attached hydrogen (secondary N) is 1. The lowest BCUT2D eigenvalue weighted by Crippen LogP contribution is -2.32. The van der Waals surface area contributed by atoms with Gasteiger partial charge in [-0.15, -0.1) is 0 Å². The van der Waals surface area contributed by atoms with Crippen molar-refractivity contribution < 1.29 is 9.53 Å². The van der Waals surface area contributed by atoms with Gasteiger partial charge in [0.05, 0.1) is 17.8 Å². The number of carbonyl (C=O) groups is 1. The minimum Gasteiger partial charge on any atom is -0.467 e. The zero-order valence-electron chi connectivity index (χ0n) is 11.2. The second kappa shape index (κ2) is 6.96. The van der Waals surface area contributed by atoms with Crippen LogP contribution in [0.4, 0.5) is 5.69 Å². The van der Waals surface area contributed by atoms with Gasteiger partial charge >= 0.3 is 5.97 Å². The van der Waals surface area contributed by atoms with Gasteiger partial charge < -0.3 is 10.1 Å². The number of para-hydroxylation sites is 1. The van der Waals surface area contributed by atoms with E-state index in [9.17, 15) is 4.79 Å². The zero-order valence-corrected chi connectivity index (χ0v) is 11.9. The monoisotopic (exact) mass is 289 g/mol. The molecule has 104 valence electrons. The molecule has 0 bridgehead atoms. The van der Waals surface area contributed by atoms with E-state index in [-0.39, 0.29) is 5.97 Å². The van der Waals surface area contributed by atoms with Crippen molar-refractivity contribution in [1.82, 2.24) is 0 Å². The maximum atomic E-state index is 11.9. The molecule has 0 aliphatic rings. The highest BCUT2D eigenvalue weighted by molar-refractivity contribution is 6.33. The molecule has 0 saturated carbocycles. The summed E-state index contributed by atoms with van der Waals surface area (Å²) >= 11 is 6.10. The smallest absolute Gasteiger partial charge is 0.328 e. The minimum absolute atomic E-state index is 0.311. The lowest BCUT2D eigenvalue weighted by atomic mass is 10.1. The standard InChI is InChI=1S/C16H16ClNO2/c1-20-16(19)15(11-12-7-3-2-4-8-12)18-14-10-6-5-9-13(14)17/h2-10,15,18H,11H2,1H3. The Morgan fingerprint density at radius 1 is 1.15 bits per heavy atom. The van der Waals surface area contributed by atoms with Gasteiger partial charge in [-0.25, -0.2) is 4.79 Å². The number of anilines is 1. The molecule has 4 heteroatoms. The number of hydrogen-bond acceptors (Lipinski definition) is 3. The fraction of sp³-hybridized carbons (Fsp3) is 0.188. The highest BCUT2D eigenvalue weighted by Gasteiger charge is 2.20. The van der Waals surface area contributed by atoms with E-state index in [1.165, 1.54) is 7.11 Å². The summed E-state index contributed by atoms with van der Waals surface area (Å²) in [4.78, 5) is 11.9. The summed E-state index contributed by atoms with van der Waals surface area (Å²) in [6.07, 6.45) is 0.540. The number of methoxy groups -OCH3 is 1. The van der Waals surface area contributed by atoms with Gasteiger partial charge in [-0.3, -0.25) is 0 Å². The molecule has 1 unspecified atom stereocenters. The predicted octanol–water partition coefficient (Wildman–Crippen LogP) is 3.54. The molecule has 1 atom stereocenters. The van der Waals surface area contributed by atoms with Crippen molar-refractivity contribution in [2.75, 3.05) is 12.4 Å². The van der Waals surface area contributed by atoms with Crippen LogP contribution in [0.5, 0.6) is 0 Å². The van der Waals surface area contributed by atoms with Crippen LogP contribution in [0.2, 0.25) is 5.02 Å². The fourth-order valence-corrected chi connectivity index (χ4v) is 2.14. The maximum absolute atomic E-state index is 11.9. The van der Waals surface area contributed by atoms with Crippen LogP contribution in [0.1, 0.15) is 5.56 Å². The van der Waals surface area contributed by atoms with E-state index in [1.807, 2.05) is 48.5 Å². The first-order chi connectivity index (χ1) is 9.70. The predicted molar refractivity (Wildman–Crippen MR) is 81.0 cm³/mol. The quantitative estimate of drug-likeness (QED) is 0.856. The normalized spacial score (nSPS) is 11.7. The first kappa shape index (κ1) is 14.4. The molecule has 20 heavy (non-hydrogen) atoms. The Kier molecular flexibility index (Phi) is 5.02. The van der Waals surface area contributed by atoms with Crippen molar-refractivity contribution in [3.8, 4) is 0 Å². The molecule has 2 aromatic carbocycles. The third-order valence-electron chi connectivity index (χ3n) is 2.97. The Morgan fingerprint density at radius 3 is 2.45 bits per heavy atom. The molecule has 0 aliphatic heterocycles. The molecule has 2 aromatic rings. The Morgan fingerprint density at radius 2 is 1.80 bits per heavy atom. The summed E-state index contributed by atoms with van der Waals surface area (Å²) in [7, 11) is 1.38. The highest BCUT2D eigenvalue weighted by Crippen LogP contribution is 2.22. The number of rotatable bonds is 5. The lowest BCUT2D eigenvalue weighted by Gasteiger charge is -2.18. The van der Waals surface area contributed by atoms with Gasteiger partial charge in [0, 0.05) is 6.42 Å². The van der Waals surface area contributed by atoms with Gasteiger partial charge in [0.15, 0.2) is 0 Å². The molecule has 0 radical (unpaired) electrons. The number of carbonyl (C=O) groups excluding carboxylic acids is 1. The van der Waals surface area contributed by atoms with Crippen LogP contribution < -0.4 is 5.32 Å². The SMILES string of the molecule is COC(=O)C(Cc1ccccc1)Nc1ccccc1Cl. The first-order valence-corrected chi connectivity index (χ1v) is 6.71. The molecule has 1 N–H and O–H groups in total. The van der Waals surface area contributed by atoms with Crippen molar-refractivity contribution in [3.05, 3.63) is 65.2 Å². The van der Waals surface area contributed by atoms with Crippen LogP contribution in [0.15, 0.2) is 54.6 Å². The molecule has 3 nitrogen and oxygen atoms in total. The third-order valence-corrected chi connectivity index (χ3v) is 3.30. The number of ether oxygens (including phenoxy) is 1. The van der Waals surface area contributed by atoms with E-state index in [1.54, 1.807) is 6.07 Å². The lowest BCUT2D eigenvalue weighted by molar-refractivity contribution is -0.141. The molecule has 0 amide bonds. The average molecular weight is 290 g/mol. The van der Waals surface area contributed by atoms with Gasteiger partial charge in [0.1, 0.15) is 6.04 Å². The number of hydrogen-bond donors (Lipinski definition) is 1. The van der Waals surface area contributed by atoms with E-state index in [4.69, 9.17) is 16.3 Å². The first-order valence-electron chi connectivity index (χ1n) is 6.33. The van der Waals surface area contributed by atoms with Gasteiger partial charge in [-0.05, 0) is 17.7 Å². The van der Waals surface area contributed by atoms with E-state index in [2.05, 4.69) is 5.32 Å². The highest BCUT2D eigenvalue weighted by atomic mass is 35.5. The number of benzene rings is 2. The van der Waals surface area contributed by atoms with Crippen molar-refractivity contribution in [3.63, 3.8) is 0 Å². The van der Waals surface area contributed by atoms with Gasteiger partial charge in [-0.1, -0.05) is 54.1 Å². The minimum atomic E-state index is -0.470. The second-order valence-electron chi connectivity index (χ2n) is 4.39. The summed E-state index contributed by atoms with van der Waals surface area (Å²) in [6.45, 7) is 0. The Bertz CT molecular complexity index is 572. The Labute approximate surface area is 123 Å². The summed E-state index contributed by atoms with van der Waals surface area (Å²) in [5, 5.41) is 3.72. The Hall–Kier alpha value is -2.00. The van der Waals surface area contributed by atoms with Crippen LogP contribution >= 0.6 is 11.6 Å². The summed E-state index contributed by atoms with van der Waals surface area (Å²) in [5.41, 5.74) is 1.78. The van der Waals surface area contributed by atoms with Crippen molar-refractivity contribution >= 4 is 23.3 Å². The molecular formula is C16H16ClNO2. The summed E-state index contributed by atoms with van der Waals surface area (Å²) in [5.74, 6) is -0.311. The fourth-order valence-electron chi connectivity index (χ4n) is 1.95. The number of halogens is 1. The molecule has 0 heterocycles. The zero-order chi connectivity index (χ0) is 14.4. The summed E-state index contributed by atoms with van der Waals surface area (Å²) in [6, 6.07) is 16.6. The summed E-state index contributed by atoms with van der Waals surface area (Å²) < 4.78 is 4.85. The van der Waals surface area contributed by atoms with E-state index in [0.717, 1.165) is 11.3 Å². The van der Waals surface area contributed by atoms with Crippen molar-refractivity contribution in [2.24, 2.45) is 0 Å². The van der Waals surface area contributed by atoms with E-state index >= 15 is 0 Å². The molecule has 0 fully saturated rings. The number of esters is 1. The molecular weight excluding hydrogens is 274 g/mol. The topological polar surface area (TPSA) is 38.3 Å². The largest absolute Gasteiger partial charge is 0.467 e. The molecule has 0 aliphatic carbocycles. The molecule has 2 rings (SSSR count). The van der Waals surface area contributed by atoms with Gasteiger partial charge in [0.25, 0.3) is 0 Å². The maximum Gasteiger partial charge on any atom is 0.328 e. The van der Waals surface area contributed by atoms with Gasteiger partial charge in [-0.2, -0.15) is 0 Å². The van der Waals surface area contributed by atoms with E-state index in [0.29, 0.717) is 11.4 Å². The van der Waals surface area contributed by atoms with Crippen LogP contribution in [0, 0.1) is 0 Å². The van der Waals surface area contributed by atoms with Crippen LogP contribution in [0.25, 0.3) is 0 Å². The molecule has 0 saturated heterocycles. The van der Waals surface area contributed by atoms with Crippen LogP contribution in [-0.2, 0) is 16.0 Å². The van der Waals surface area contributed by atoms with E-state index < -0.39 is 6.04 Å². The third kappa shape index (κ3) is 3.75. The second-order valence-corrected chi connectivity index (χ2v) is 4.80. The van der Waals surface area contributed by atoms with Crippen molar-refractivity contribution in [2.45, 2.75) is 12.5 Å². The van der Waals surface area contributed by atoms with Crippen LogP contribution in [-0.4, -0.2) is 19.1 Å². The Balaban J connectivity index is 2.16. The molecule has 0 aromatic heterocycles. The van der Waals surface area contributed by atoms with Crippen molar-refractivity contribution in [1.29, 1.82) is 0 Å². The molecule has 0 spiro atoms. The van der Waals surface area contributed by atoms with Gasteiger partial charge in [0.2, 0.25) is 0 Å². The van der Waals surface area contributed by atoms with Crippen LogP contribution in [0.3, 0.4) is 0 Å².